The summed E-state index contributed by atoms with van der Waals surface area (Å²) in [5, 5.41) is 4.85. The predicted molar refractivity (Wildman–Crippen MR) is 98.8 cm³/mol. The topological polar surface area (TPSA) is 84.5 Å². The van der Waals surface area contributed by atoms with Crippen LogP contribution >= 0.6 is 27.7 Å². The van der Waals surface area contributed by atoms with E-state index in [1.165, 1.54) is 23.9 Å². The van der Waals surface area contributed by atoms with Crippen LogP contribution in [0.25, 0.3) is 0 Å². The van der Waals surface area contributed by atoms with Crippen molar-refractivity contribution in [1.82, 2.24) is 0 Å². The molecule has 6 nitrogen and oxygen atoms in total. The number of thioether (sulfide) groups is 1. The standard InChI is InChI=1S/C17H11BrF2N2O4S/c18-10-4-9(19)5-11(20)16(10)22-14(23)6-26-17(25)8-1-2-13-12(3-8)21-15(24)7-27-13/h1-5H,6-7H2,(H,21,24)(H,22,23). The van der Waals surface area contributed by atoms with E-state index < -0.39 is 30.1 Å². The average molecular weight is 457 g/mol. The van der Waals surface area contributed by atoms with Gasteiger partial charge in [0.1, 0.15) is 5.82 Å². The van der Waals surface area contributed by atoms with Crippen molar-refractivity contribution in [2.45, 2.75) is 4.90 Å². The Bertz CT molecular complexity index is 932. The van der Waals surface area contributed by atoms with Crippen molar-refractivity contribution in [2.75, 3.05) is 23.0 Å². The third kappa shape index (κ3) is 4.64. The van der Waals surface area contributed by atoms with E-state index in [9.17, 15) is 23.2 Å². The number of carbonyl (C=O) groups is 3. The Kier molecular flexibility index (Phi) is 5.76. The highest BCUT2D eigenvalue weighted by Crippen LogP contribution is 2.32. The van der Waals surface area contributed by atoms with Crippen molar-refractivity contribution in [3.63, 3.8) is 0 Å². The maximum absolute atomic E-state index is 13.7. The minimum atomic E-state index is -0.968. The van der Waals surface area contributed by atoms with E-state index in [0.717, 1.165) is 11.0 Å². The molecule has 0 saturated heterocycles. The van der Waals surface area contributed by atoms with Crippen molar-refractivity contribution in [2.24, 2.45) is 0 Å². The summed E-state index contributed by atoms with van der Waals surface area (Å²) in [4.78, 5) is 36.2. The number of hydrogen-bond acceptors (Lipinski definition) is 5. The smallest absolute Gasteiger partial charge is 0.338 e. The first-order chi connectivity index (χ1) is 12.8. The zero-order valence-electron chi connectivity index (χ0n) is 13.5. The van der Waals surface area contributed by atoms with Gasteiger partial charge in [-0.25, -0.2) is 13.6 Å². The molecule has 0 spiro atoms. The third-order valence-corrected chi connectivity index (χ3v) is 5.15. The number of esters is 1. The lowest BCUT2D eigenvalue weighted by molar-refractivity contribution is -0.119. The molecule has 0 aromatic heterocycles. The second-order valence-corrected chi connectivity index (χ2v) is 7.29. The number of halogens is 3. The van der Waals surface area contributed by atoms with Gasteiger partial charge in [-0.2, -0.15) is 0 Å². The van der Waals surface area contributed by atoms with Gasteiger partial charge in [0, 0.05) is 15.4 Å². The number of ether oxygens (including phenoxy) is 1. The molecule has 3 rings (SSSR count). The molecule has 1 heterocycles. The van der Waals surface area contributed by atoms with Gasteiger partial charge in [0.15, 0.2) is 12.4 Å². The minimum absolute atomic E-state index is 0.0163. The highest BCUT2D eigenvalue weighted by atomic mass is 79.9. The van der Waals surface area contributed by atoms with Crippen LogP contribution in [0.1, 0.15) is 10.4 Å². The molecule has 0 bridgehead atoms. The zero-order valence-corrected chi connectivity index (χ0v) is 15.9. The monoisotopic (exact) mass is 456 g/mol. The van der Waals surface area contributed by atoms with Crippen molar-refractivity contribution < 1.29 is 27.9 Å². The second kappa shape index (κ2) is 8.05. The first-order valence-corrected chi connectivity index (χ1v) is 9.29. The van der Waals surface area contributed by atoms with Gasteiger partial charge in [-0.1, -0.05) is 0 Å². The molecular formula is C17H11BrF2N2O4S. The Morgan fingerprint density at radius 1 is 1.26 bits per heavy atom. The number of fused-ring (bicyclic) bond motifs is 1. The molecule has 0 saturated carbocycles. The minimum Gasteiger partial charge on any atom is -0.452 e. The summed E-state index contributed by atoms with van der Waals surface area (Å²) in [6, 6.07) is 6.24. The molecule has 0 unspecified atom stereocenters. The average Bonchev–Trinajstić information content (AvgIpc) is 2.62. The molecule has 0 fully saturated rings. The summed E-state index contributed by atoms with van der Waals surface area (Å²) in [7, 11) is 0. The first kappa shape index (κ1) is 19.3. The first-order valence-electron chi connectivity index (χ1n) is 7.51. The van der Waals surface area contributed by atoms with Gasteiger partial charge in [-0.05, 0) is 40.2 Å². The molecule has 2 aromatic carbocycles. The highest BCUT2D eigenvalue weighted by Gasteiger charge is 2.19. The van der Waals surface area contributed by atoms with Crippen molar-refractivity contribution in [3.05, 3.63) is 52.0 Å². The van der Waals surface area contributed by atoms with Crippen LogP contribution in [0.4, 0.5) is 20.2 Å². The van der Waals surface area contributed by atoms with Crippen LogP contribution in [0.5, 0.6) is 0 Å². The molecule has 0 atom stereocenters. The quantitative estimate of drug-likeness (QED) is 0.687. The lowest BCUT2D eigenvalue weighted by Gasteiger charge is -2.16. The van der Waals surface area contributed by atoms with E-state index in [1.807, 2.05) is 0 Å². The Hall–Kier alpha value is -2.46. The van der Waals surface area contributed by atoms with E-state index in [4.69, 9.17) is 4.74 Å². The highest BCUT2D eigenvalue weighted by molar-refractivity contribution is 9.10. The largest absolute Gasteiger partial charge is 0.452 e. The van der Waals surface area contributed by atoms with Crippen molar-refractivity contribution in [3.8, 4) is 0 Å². The summed E-state index contributed by atoms with van der Waals surface area (Å²) in [5.74, 6) is -3.23. The lowest BCUT2D eigenvalue weighted by Crippen LogP contribution is -2.22. The summed E-state index contributed by atoms with van der Waals surface area (Å²) >= 11 is 4.29. The van der Waals surface area contributed by atoms with Gasteiger partial charge in [0.25, 0.3) is 5.91 Å². The van der Waals surface area contributed by atoms with Crippen LogP contribution < -0.4 is 10.6 Å². The molecule has 140 valence electrons. The Morgan fingerprint density at radius 2 is 2.04 bits per heavy atom. The summed E-state index contributed by atoms with van der Waals surface area (Å²) in [6.45, 7) is -0.666. The lowest BCUT2D eigenvalue weighted by atomic mass is 10.2. The summed E-state index contributed by atoms with van der Waals surface area (Å²) in [6.07, 6.45) is 0. The van der Waals surface area contributed by atoms with Crippen LogP contribution in [0.3, 0.4) is 0 Å². The molecule has 2 amide bonds. The fraction of sp³-hybridized carbons (Fsp3) is 0.118. The maximum Gasteiger partial charge on any atom is 0.338 e. The fourth-order valence-electron chi connectivity index (χ4n) is 2.26. The maximum atomic E-state index is 13.7. The summed E-state index contributed by atoms with van der Waals surface area (Å²) in [5.41, 5.74) is 0.386. The van der Waals surface area contributed by atoms with Crippen molar-refractivity contribution in [1.29, 1.82) is 0 Å². The van der Waals surface area contributed by atoms with E-state index in [-0.39, 0.29) is 21.6 Å². The number of amides is 2. The summed E-state index contributed by atoms with van der Waals surface area (Å²) < 4.78 is 31.7. The molecule has 1 aliphatic rings. The van der Waals surface area contributed by atoms with Gasteiger partial charge >= 0.3 is 5.97 Å². The zero-order chi connectivity index (χ0) is 19.6. The molecule has 1 aliphatic heterocycles. The van der Waals surface area contributed by atoms with E-state index in [2.05, 4.69) is 26.6 Å². The van der Waals surface area contributed by atoms with Gasteiger partial charge < -0.3 is 15.4 Å². The number of nitrogens with one attached hydrogen (secondary N) is 2. The number of hydrogen-bond donors (Lipinski definition) is 2. The molecule has 2 N–H and O–H groups in total. The SMILES string of the molecule is O=C1CSc2ccc(C(=O)OCC(=O)Nc3c(F)cc(F)cc3Br)cc2N1. The Balaban J connectivity index is 1.62. The van der Waals surface area contributed by atoms with Gasteiger partial charge in [-0.3, -0.25) is 9.59 Å². The number of benzene rings is 2. The number of carbonyl (C=O) groups excluding carboxylic acids is 3. The second-order valence-electron chi connectivity index (χ2n) is 5.42. The van der Waals surface area contributed by atoms with Gasteiger partial charge in [0.05, 0.1) is 22.7 Å². The molecule has 0 radical (unpaired) electrons. The number of anilines is 2. The molecule has 0 aliphatic carbocycles. The fourth-order valence-corrected chi connectivity index (χ4v) is 3.56. The Morgan fingerprint density at radius 3 is 2.78 bits per heavy atom. The van der Waals surface area contributed by atoms with E-state index >= 15 is 0 Å². The van der Waals surface area contributed by atoms with Gasteiger partial charge in [0.2, 0.25) is 5.91 Å². The predicted octanol–water partition coefficient (Wildman–Crippen LogP) is 3.57. The third-order valence-electron chi connectivity index (χ3n) is 3.45. The van der Waals surface area contributed by atoms with Crippen molar-refractivity contribution >= 4 is 56.9 Å². The van der Waals surface area contributed by atoms with Crippen LogP contribution in [-0.2, 0) is 14.3 Å². The van der Waals surface area contributed by atoms with Gasteiger partial charge in [-0.15, -0.1) is 11.8 Å². The molecule has 2 aromatic rings. The molecular weight excluding hydrogens is 446 g/mol. The van der Waals surface area contributed by atoms with Crippen LogP contribution in [0, 0.1) is 11.6 Å². The van der Waals surface area contributed by atoms with Crippen LogP contribution in [0.2, 0.25) is 0 Å². The van der Waals surface area contributed by atoms with E-state index in [0.29, 0.717) is 17.5 Å². The van der Waals surface area contributed by atoms with E-state index in [1.54, 1.807) is 6.07 Å². The normalized spacial score (nSPS) is 12.8. The number of rotatable bonds is 4. The van der Waals surface area contributed by atoms with Crippen LogP contribution in [0.15, 0.2) is 39.7 Å². The Labute approximate surface area is 164 Å². The molecule has 27 heavy (non-hydrogen) atoms. The molecule has 10 heteroatoms. The van der Waals surface area contributed by atoms with Crippen LogP contribution in [-0.4, -0.2) is 30.1 Å².